The summed E-state index contributed by atoms with van der Waals surface area (Å²) in [6, 6.07) is 17.5. The van der Waals surface area contributed by atoms with Gasteiger partial charge in [0.15, 0.2) is 0 Å². The molecule has 1 aromatic heterocycles. The van der Waals surface area contributed by atoms with Gasteiger partial charge in [0.05, 0.1) is 11.4 Å². The molecule has 0 saturated heterocycles. The number of nitrogens with zero attached hydrogens (tertiary/aromatic N) is 2. The molecule has 0 bridgehead atoms. The van der Waals surface area contributed by atoms with Gasteiger partial charge in [-0.05, 0) is 42.5 Å². The van der Waals surface area contributed by atoms with E-state index < -0.39 is 9.84 Å². The summed E-state index contributed by atoms with van der Waals surface area (Å²) < 4.78 is 28.5. The number of aromatic nitrogens is 1. The quantitative estimate of drug-likeness (QED) is 0.322. The number of thiazole rings is 1. The van der Waals surface area contributed by atoms with Crippen molar-refractivity contribution < 1.29 is 13.2 Å². The molecule has 0 radical (unpaired) electrons. The Balaban J connectivity index is 1.23. The minimum Gasteiger partial charge on any atom is -0.457 e. The third-order valence-electron chi connectivity index (χ3n) is 5.59. The summed E-state index contributed by atoms with van der Waals surface area (Å²) in [5.41, 5.74) is 3.96. The standard InChI is InChI=1S/C27H27N5O3S2/c1-37(33,34)14-12-28-17-27-31-26(19-36-27)32-13-11-20-15-29-16-25(24(20)18-32)30-21-7-9-23(10-8-21)35-22-5-3-2-4-6-22/h2-11,13,15-16,18-19,28-30H,12,14,17H2,1H3. The van der Waals surface area contributed by atoms with Gasteiger partial charge in [-0.2, -0.15) is 0 Å². The monoisotopic (exact) mass is 533 g/mol. The third kappa shape index (κ3) is 6.67. The molecular weight excluding hydrogens is 506 g/mol. The average Bonchev–Trinajstić information content (AvgIpc) is 3.37. The van der Waals surface area contributed by atoms with Gasteiger partial charge in [-0.3, -0.25) is 0 Å². The molecule has 3 aromatic rings. The van der Waals surface area contributed by atoms with Crippen molar-refractivity contribution in [2.45, 2.75) is 6.54 Å². The van der Waals surface area contributed by atoms with Crippen LogP contribution in [-0.2, 0) is 16.4 Å². The predicted molar refractivity (Wildman–Crippen MR) is 149 cm³/mol. The molecule has 0 atom stereocenters. The van der Waals surface area contributed by atoms with Crippen molar-refractivity contribution >= 4 is 32.7 Å². The van der Waals surface area contributed by atoms with Crippen LogP contribution < -0.4 is 25.6 Å². The molecule has 0 spiro atoms. The minimum absolute atomic E-state index is 0.111. The summed E-state index contributed by atoms with van der Waals surface area (Å²) in [5.74, 6) is 2.49. The van der Waals surface area contributed by atoms with E-state index >= 15 is 0 Å². The van der Waals surface area contributed by atoms with Crippen LogP contribution in [0.1, 0.15) is 5.01 Å². The number of fused-ring (bicyclic) bond motifs is 1. The van der Waals surface area contributed by atoms with Gasteiger partial charge in [0.1, 0.15) is 32.2 Å². The first kappa shape index (κ1) is 24.8. The number of nitrogens with one attached hydrogen (secondary N) is 3. The Kier molecular flexibility index (Phi) is 7.40. The molecule has 10 heteroatoms. The highest BCUT2D eigenvalue weighted by Crippen LogP contribution is 2.32. The zero-order chi connectivity index (χ0) is 25.7. The second-order valence-corrected chi connectivity index (χ2v) is 11.8. The number of hydrogen-bond donors (Lipinski definition) is 3. The molecular formula is C27H27N5O3S2. The Bertz CT molecular complexity index is 1470. The first-order valence-corrected chi connectivity index (χ1v) is 14.7. The summed E-state index contributed by atoms with van der Waals surface area (Å²) in [4.78, 5) is 6.69. The van der Waals surface area contributed by atoms with Gasteiger partial charge < -0.3 is 25.6 Å². The summed E-state index contributed by atoms with van der Waals surface area (Å²) in [5, 5.41) is 12.7. The van der Waals surface area contributed by atoms with E-state index in [0.29, 0.717) is 13.1 Å². The number of benzene rings is 2. The van der Waals surface area contributed by atoms with E-state index in [1.54, 1.807) is 0 Å². The van der Waals surface area contributed by atoms with Crippen molar-refractivity contribution in [3.63, 3.8) is 0 Å². The highest BCUT2D eigenvalue weighted by atomic mass is 32.2. The van der Waals surface area contributed by atoms with Crippen molar-refractivity contribution in [1.82, 2.24) is 15.6 Å². The Labute approximate surface area is 220 Å². The van der Waals surface area contributed by atoms with Gasteiger partial charge in [-0.25, -0.2) is 13.4 Å². The molecule has 37 heavy (non-hydrogen) atoms. The van der Waals surface area contributed by atoms with Crippen LogP contribution >= 0.6 is 11.3 Å². The highest BCUT2D eigenvalue weighted by Gasteiger charge is 2.19. The number of allylic oxidation sites excluding steroid dienone is 2. The summed E-state index contributed by atoms with van der Waals surface area (Å²) in [7, 11) is -2.98. The normalized spacial score (nSPS) is 14.7. The first-order chi connectivity index (χ1) is 17.9. The molecule has 0 saturated carbocycles. The molecule has 0 unspecified atom stereocenters. The highest BCUT2D eigenvalue weighted by molar-refractivity contribution is 7.90. The van der Waals surface area contributed by atoms with E-state index in [1.807, 2.05) is 95.8 Å². The number of ether oxygens (including phenoxy) is 1. The van der Waals surface area contributed by atoms with Crippen molar-refractivity contribution in [2.75, 3.05) is 28.8 Å². The Morgan fingerprint density at radius 3 is 2.62 bits per heavy atom. The van der Waals surface area contributed by atoms with Gasteiger partial charge >= 0.3 is 0 Å². The fourth-order valence-electron chi connectivity index (χ4n) is 3.74. The molecule has 2 aliphatic rings. The maximum absolute atomic E-state index is 11.3. The molecule has 3 N–H and O–H groups in total. The average molecular weight is 534 g/mol. The molecule has 0 fully saturated rings. The topological polar surface area (TPSA) is 95.6 Å². The van der Waals surface area contributed by atoms with Crippen molar-refractivity contribution in [3.05, 3.63) is 113 Å². The lowest BCUT2D eigenvalue weighted by Crippen LogP contribution is -2.22. The van der Waals surface area contributed by atoms with Gasteiger partial charge in [0, 0.05) is 66.4 Å². The summed E-state index contributed by atoms with van der Waals surface area (Å²) in [6.07, 6.45) is 11.2. The molecule has 8 nitrogen and oxygen atoms in total. The Morgan fingerprint density at radius 1 is 1.05 bits per heavy atom. The van der Waals surface area contributed by atoms with Crippen molar-refractivity contribution in [2.24, 2.45) is 0 Å². The number of dihydropyridines is 1. The third-order valence-corrected chi connectivity index (χ3v) is 7.37. The molecule has 2 aromatic carbocycles. The van der Waals surface area contributed by atoms with Crippen LogP contribution in [0.15, 0.2) is 108 Å². The van der Waals surface area contributed by atoms with Crippen LogP contribution in [-0.4, -0.2) is 32.0 Å². The van der Waals surface area contributed by atoms with E-state index in [-0.39, 0.29) is 5.75 Å². The fraction of sp³-hybridized carbons (Fsp3) is 0.148. The zero-order valence-corrected chi connectivity index (χ0v) is 21.9. The Morgan fingerprint density at radius 2 is 1.84 bits per heavy atom. The number of anilines is 2. The first-order valence-electron chi connectivity index (χ1n) is 11.7. The predicted octanol–water partition coefficient (Wildman–Crippen LogP) is 4.73. The van der Waals surface area contributed by atoms with Gasteiger partial charge in [0.2, 0.25) is 0 Å². The zero-order valence-electron chi connectivity index (χ0n) is 20.2. The number of hydrogen-bond acceptors (Lipinski definition) is 9. The summed E-state index contributed by atoms with van der Waals surface area (Å²) in [6.45, 7) is 0.932. The molecule has 2 aliphatic heterocycles. The van der Waals surface area contributed by atoms with Crippen LogP contribution in [0, 0.1) is 0 Å². The number of para-hydroxylation sites is 1. The maximum Gasteiger partial charge on any atom is 0.148 e. The fourth-order valence-corrected chi connectivity index (χ4v) is 5.00. The molecule has 0 aliphatic carbocycles. The van der Waals surface area contributed by atoms with E-state index in [2.05, 4.69) is 16.0 Å². The van der Waals surface area contributed by atoms with Gasteiger partial charge in [-0.1, -0.05) is 18.2 Å². The molecule has 3 heterocycles. The van der Waals surface area contributed by atoms with Crippen LogP contribution in [0.5, 0.6) is 11.5 Å². The lowest BCUT2D eigenvalue weighted by molar-refractivity contribution is 0.483. The van der Waals surface area contributed by atoms with Crippen molar-refractivity contribution in [3.8, 4) is 11.5 Å². The molecule has 0 amide bonds. The van der Waals surface area contributed by atoms with Gasteiger partial charge in [-0.15, -0.1) is 11.3 Å². The lowest BCUT2D eigenvalue weighted by Gasteiger charge is -2.26. The van der Waals surface area contributed by atoms with Crippen LogP contribution in [0.3, 0.4) is 0 Å². The van der Waals surface area contributed by atoms with Crippen LogP contribution in [0.2, 0.25) is 0 Å². The van der Waals surface area contributed by atoms with Crippen LogP contribution in [0.4, 0.5) is 11.5 Å². The van der Waals surface area contributed by atoms with Gasteiger partial charge in [0.25, 0.3) is 0 Å². The Hall–Kier alpha value is -3.86. The largest absolute Gasteiger partial charge is 0.457 e. The summed E-state index contributed by atoms with van der Waals surface area (Å²) >= 11 is 1.54. The smallest absolute Gasteiger partial charge is 0.148 e. The maximum atomic E-state index is 11.3. The second-order valence-electron chi connectivity index (χ2n) is 8.56. The number of sulfone groups is 1. The number of rotatable bonds is 10. The van der Waals surface area contributed by atoms with E-state index in [0.717, 1.165) is 44.9 Å². The van der Waals surface area contributed by atoms with E-state index in [4.69, 9.17) is 9.72 Å². The van der Waals surface area contributed by atoms with Crippen LogP contribution in [0.25, 0.3) is 0 Å². The second kappa shape index (κ2) is 11.0. The van der Waals surface area contributed by atoms with E-state index in [9.17, 15) is 8.42 Å². The lowest BCUT2D eigenvalue weighted by atomic mass is 10.0. The van der Waals surface area contributed by atoms with Crippen molar-refractivity contribution in [1.29, 1.82) is 0 Å². The SMILES string of the molecule is CS(=O)(=O)CCNCc1nc(N2C=CC3=CNC=C(Nc4ccc(Oc5ccccc5)cc4)C3=C2)cs1. The van der Waals surface area contributed by atoms with E-state index in [1.165, 1.54) is 17.6 Å². The minimum atomic E-state index is -2.98. The molecule has 190 valence electrons. The molecule has 5 rings (SSSR count).